The first-order valence-electron chi connectivity index (χ1n) is 6.30. The summed E-state index contributed by atoms with van der Waals surface area (Å²) in [6.45, 7) is 2.07. The molecule has 0 amide bonds. The van der Waals surface area contributed by atoms with Crippen molar-refractivity contribution in [2.45, 2.75) is 24.9 Å². The minimum absolute atomic E-state index is 0.191. The van der Waals surface area contributed by atoms with Gasteiger partial charge in [0.2, 0.25) is 5.76 Å². The van der Waals surface area contributed by atoms with Crippen LogP contribution < -0.4 is 0 Å². The van der Waals surface area contributed by atoms with Crippen molar-refractivity contribution >= 4 is 17.7 Å². The molecule has 0 saturated carbocycles. The van der Waals surface area contributed by atoms with Crippen molar-refractivity contribution < 1.29 is 14.1 Å². The SMILES string of the molecule is CCOC(=O)c1onc2c1CCc1cnc(SC)nc1-2. The molecule has 20 heavy (non-hydrogen) atoms. The van der Waals surface area contributed by atoms with Gasteiger partial charge in [-0.25, -0.2) is 14.8 Å². The standard InChI is InChI=1S/C13H13N3O3S/c1-3-18-12(17)11-8-5-4-7-6-14-13(20-2)15-9(7)10(8)16-19-11/h6H,3-5H2,1-2H3. The Morgan fingerprint density at radius 1 is 1.45 bits per heavy atom. The Morgan fingerprint density at radius 2 is 2.30 bits per heavy atom. The molecular weight excluding hydrogens is 278 g/mol. The molecule has 104 valence electrons. The number of aromatic nitrogens is 3. The lowest BCUT2D eigenvalue weighted by atomic mass is 9.94. The highest BCUT2D eigenvalue weighted by Gasteiger charge is 2.29. The summed E-state index contributed by atoms with van der Waals surface area (Å²) in [6.07, 6.45) is 5.18. The molecule has 7 heteroatoms. The minimum Gasteiger partial charge on any atom is -0.460 e. The molecule has 2 aromatic heterocycles. The summed E-state index contributed by atoms with van der Waals surface area (Å²) in [5, 5.41) is 4.68. The molecule has 0 aromatic carbocycles. The molecule has 6 nitrogen and oxygen atoms in total. The number of hydrogen-bond donors (Lipinski definition) is 0. The van der Waals surface area contributed by atoms with Crippen LogP contribution in [-0.2, 0) is 17.6 Å². The van der Waals surface area contributed by atoms with Gasteiger partial charge in [-0.3, -0.25) is 0 Å². The van der Waals surface area contributed by atoms with E-state index in [2.05, 4.69) is 15.1 Å². The monoisotopic (exact) mass is 291 g/mol. The van der Waals surface area contributed by atoms with Gasteiger partial charge >= 0.3 is 5.97 Å². The zero-order valence-corrected chi connectivity index (χ0v) is 12.0. The number of nitrogens with zero attached hydrogens (tertiary/aromatic N) is 3. The molecule has 0 spiro atoms. The number of fused-ring (bicyclic) bond motifs is 3. The summed E-state index contributed by atoms with van der Waals surface area (Å²) in [5.41, 5.74) is 3.19. The first kappa shape index (κ1) is 13.1. The highest BCUT2D eigenvalue weighted by atomic mass is 32.2. The maximum absolute atomic E-state index is 11.8. The predicted molar refractivity (Wildman–Crippen MR) is 72.7 cm³/mol. The maximum Gasteiger partial charge on any atom is 0.377 e. The van der Waals surface area contributed by atoms with Gasteiger partial charge in [0, 0.05) is 11.8 Å². The second kappa shape index (κ2) is 5.24. The van der Waals surface area contributed by atoms with Gasteiger partial charge in [0.05, 0.1) is 6.61 Å². The Labute approximate surface area is 119 Å². The van der Waals surface area contributed by atoms with Crippen LogP contribution in [0.2, 0.25) is 0 Å². The number of esters is 1. The van der Waals surface area contributed by atoms with Crippen LogP contribution >= 0.6 is 11.8 Å². The van der Waals surface area contributed by atoms with Gasteiger partial charge in [-0.15, -0.1) is 0 Å². The van der Waals surface area contributed by atoms with Crippen LogP contribution in [0.5, 0.6) is 0 Å². The van der Waals surface area contributed by atoms with E-state index >= 15 is 0 Å². The lowest BCUT2D eigenvalue weighted by Crippen LogP contribution is -2.11. The van der Waals surface area contributed by atoms with E-state index in [1.54, 1.807) is 6.92 Å². The van der Waals surface area contributed by atoms with Crippen LogP contribution in [0.3, 0.4) is 0 Å². The summed E-state index contributed by atoms with van der Waals surface area (Å²) in [6, 6.07) is 0. The van der Waals surface area contributed by atoms with E-state index < -0.39 is 5.97 Å². The zero-order chi connectivity index (χ0) is 14.1. The van der Waals surface area contributed by atoms with Gasteiger partial charge < -0.3 is 9.26 Å². The van der Waals surface area contributed by atoms with Crippen molar-refractivity contribution in [2.75, 3.05) is 12.9 Å². The van der Waals surface area contributed by atoms with E-state index in [-0.39, 0.29) is 5.76 Å². The van der Waals surface area contributed by atoms with Gasteiger partial charge in [0.1, 0.15) is 11.4 Å². The van der Waals surface area contributed by atoms with Gasteiger partial charge in [-0.05, 0) is 31.6 Å². The highest BCUT2D eigenvalue weighted by Crippen LogP contribution is 2.33. The fourth-order valence-electron chi connectivity index (χ4n) is 2.22. The Hall–Kier alpha value is -1.89. The molecule has 0 N–H and O–H groups in total. The molecule has 0 atom stereocenters. The molecule has 2 aromatic rings. The summed E-state index contributed by atoms with van der Waals surface area (Å²) in [5.74, 6) is -0.277. The number of carbonyl (C=O) groups is 1. The smallest absolute Gasteiger partial charge is 0.377 e. The first-order valence-corrected chi connectivity index (χ1v) is 7.53. The normalized spacial score (nSPS) is 12.7. The third-order valence-electron chi connectivity index (χ3n) is 3.14. The largest absolute Gasteiger partial charge is 0.460 e. The summed E-state index contributed by atoms with van der Waals surface area (Å²) in [4.78, 5) is 20.5. The summed E-state index contributed by atoms with van der Waals surface area (Å²) in [7, 11) is 0. The van der Waals surface area contributed by atoms with E-state index in [1.165, 1.54) is 11.8 Å². The molecule has 0 bridgehead atoms. The molecular formula is C13H13N3O3S. The number of thioether (sulfide) groups is 1. The third-order valence-corrected chi connectivity index (χ3v) is 3.70. The second-order valence-electron chi connectivity index (χ2n) is 4.29. The predicted octanol–water partition coefficient (Wildman–Crippen LogP) is 2.13. The molecule has 0 fully saturated rings. The quantitative estimate of drug-likeness (QED) is 0.487. The van der Waals surface area contributed by atoms with Crippen molar-refractivity contribution in [3.8, 4) is 11.4 Å². The minimum atomic E-state index is -0.469. The second-order valence-corrected chi connectivity index (χ2v) is 5.06. The van der Waals surface area contributed by atoms with Crippen molar-refractivity contribution in [3.63, 3.8) is 0 Å². The molecule has 0 aliphatic heterocycles. The van der Waals surface area contributed by atoms with Crippen molar-refractivity contribution in [2.24, 2.45) is 0 Å². The fourth-order valence-corrected chi connectivity index (χ4v) is 2.56. The van der Waals surface area contributed by atoms with Gasteiger partial charge in [0.15, 0.2) is 5.16 Å². The lowest BCUT2D eigenvalue weighted by molar-refractivity contribution is 0.0478. The molecule has 1 aliphatic rings. The molecule has 3 rings (SSSR count). The number of ether oxygens (including phenoxy) is 1. The molecule has 0 unspecified atom stereocenters. The average molecular weight is 291 g/mol. The van der Waals surface area contributed by atoms with E-state index in [4.69, 9.17) is 9.26 Å². The van der Waals surface area contributed by atoms with Gasteiger partial charge in [0.25, 0.3) is 0 Å². The summed E-state index contributed by atoms with van der Waals surface area (Å²) < 4.78 is 10.1. The Balaban J connectivity index is 2.07. The number of aryl methyl sites for hydroxylation is 1. The van der Waals surface area contributed by atoms with Crippen molar-refractivity contribution in [1.29, 1.82) is 0 Å². The topological polar surface area (TPSA) is 78.1 Å². The van der Waals surface area contributed by atoms with Crippen LogP contribution in [0.25, 0.3) is 11.4 Å². The van der Waals surface area contributed by atoms with Gasteiger partial charge in [-0.1, -0.05) is 16.9 Å². The molecule has 0 radical (unpaired) electrons. The Kier molecular flexibility index (Phi) is 3.43. The fraction of sp³-hybridized carbons (Fsp3) is 0.385. The van der Waals surface area contributed by atoms with E-state index in [1.807, 2.05) is 12.5 Å². The Morgan fingerprint density at radius 3 is 3.05 bits per heavy atom. The average Bonchev–Trinajstić information content (AvgIpc) is 2.91. The van der Waals surface area contributed by atoms with Crippen LogP contribution in [0.15, 0.2) is 15.9 Å². The van der Waals surface area contributed by atoms with Crippen LogP contribution in [0.1, 0.15) is 28.6 Å². The maximum atomic E-state index is 11.8. The number of carbonyl (C=O) groups excluding carboxylic acids is 1. The number of rotatable bonds is 3. The van der Waals surface area contributed by atoms with Crippen LogP contribution in [0, 0.1) is 0 Å². The van der Waals surface area contributed by atoms with Crippen molar-refractivity contribution in [3.05, 3.63) is 23.1 Å². The lowest BCUT2D eigenvalue weighted by Gasteiger charge is -2.13. The summed E-state index contributed by atoms with van der Waals surface area (Å²) >= 11 is 1.47. The van der Waals surface area contributed by atoms with Gasteiger partial charge in [-0.2, -0.15) is 0 Å². The molecule has 1 aliphatic carbocycles. The van der Waals surface area contributed by atoms with Crippen molar-refractivity contribution in [1.82, 2.24) is 15.1 Å². The van der Waals surface area contributed by atoms with E-state index in [0.717, 1.165) is 23.2 Å². The highest BCUT2D eigenvalue weighted by molar-refractivity contribution is 7.98. The third kappa shape index (κ3) is 2.07. The zero-order valence-electron chi connectivity index (χ0n) is 11.2. The van der Waals surface area contributed by atoms with Crippen LogP contribution in [0.4, 0.5) is 0 Å². The molecule has 2 heterocycles. The molecule has 0 saturated heterocycles. The Bertz CT molecular complexity index is 669. The first-order chi connectivity index (χ1) is 9.74. The number of hydrogen-bond acceptors (Lipinski definition) is 7. The van der Waals surface area contributed by atoms with E-state index in [9.17, 15) is 4.79 Å². The van der Waals surface area contributed by atoms with E-state index in [0.29, 0.717) is 23.9 Å². The van der Waals surface area contributed by atoms with Crippen LogP contribution in [-0.4, -0.2) is 34.0 Å².